The average Bonchev–Trinajstić information content (AvgIpc) is 3.29. The molecule has 0 radical (unpaired) electrons. The number of likely N-dealkylation sites (tertiary alicyclic amines) is 2. The van der Waals surface area contributed by atoms with Gasteiger partial charge in [-0.05, 0) is 74.9 Å². The zero-order valence-corrected chi connectivity index (χ0v) is 30.2. The topological polar surface area (TPSA) is 91.5 Å². The second kappa shape index (κ2) is 16.0. The summed E-state index contributed by atoms with van der Waals surface area (Å²) in [6, 6.07) is 10.5. The molecule has 3 saturated heterocycles. The first-order chi connectivity index (χ1) is 24.4. The van der Waals surface area contributed by atoms with Crippen molar-refractivity contribution in [2.75, 3.05) is 83.6 Å². The van der Waals surface area contributed by atoms with E-state index in [1.54, 1.807) is 9.80 Å². The number of carbonyl (C=O) groups excluding carboxylic acids is 3. The second-order valence-electron chi connectivity index (χ2n) is 14.4. The first-order valence-corrected chi connectivity index (χ1v) is 18.5. The fraction of sp³-hybridized carbons (Fsp3) is 0.595. The summed E-state index contributed by atoms with van der Waals surface area (Å²) in [7, 11) is 3.50. The number of carbonyl (C=O) groups is 3. The highest BCUT2D eigenvalue weighted by Gasteiger charge is 2.38. The van der Waals surface area contributed by atoms with Crippen molar-refractivity contribution in [2.45, 2.75) is 63.2 Å². The molecule has 51 heavy (non-hydrogen) atoms. The third kappa shape index (κ3) is 8.74. The molecule has 0 aromatic heterocycles. The standard InChI is InChI=1S/C37H49ClF3N7O3/c1-42-34-30(37(39,40)41)22-25(23-31(34)38)21-27(35(50)47-14-8-28(9-15-47)45-19-17-44(2)18-20-45)24-33(49)46-12-10-29(11-13-46)48-16-7-26-5-3-4-6-32(26)43-36(48)51/h3-6,22-23,27-29,42H,7-21,24H2,1-2H3,(H,43,51)/t27-/m0/s1. The van der Waals surface area contributed by atoms with E-state index >= 15 is 0 Å². The fourth-order valence-corrected chi connectivity index (χ4v) is 8.53. The van der Waals surface area contributed by atoms with Gasteiger partial charge < -0.3 is 30.2 Å². The number of urea groups is 1. The number of nitrogens with zero attached hydrogens (tertiary/aromatic N) is 5. The number of anilines is 2. The number of amides is 4. The van der Waals surface area contributed by atoms with Crippen molar-refractivity contribution in [2.24, 2.45) is 5.92 Å². The van der Waals surface area contributed by atoms with Gasteiger partial charge in [-0.15, -0.1) is 0 Å². The lowest BCUT2D eigenvalue weighted by Gasteiger charge is -2.42. The van der Waals surface area contributed by atoms with Gasteiger partial charge in [0.05, 0.1) is 22.2 Å². The van der Waals surface area contributed by atoms with Crippen molar-refractivity contribution >= 4 is 40.8 Å². The van der Waals surface area contributed by atoms with Gasteiger partial charge in [0, 0.05) is 90.1 Å². The number of halogens is 4. The van der Waals surface area contributed by atoms with Crippen LogP contribution in [0.15, 0.2) is 36.4 Å². The minimum Gasteiger partial charge on any atom is -0.386 e. The summed E-state index contributed by atoms with van der Waals surface area (Å²) in [4.78, 5) is 51.3. The van der Waals surface area contributed by atoms with Crippen molar-refractivity contribution in [1.82, 2.24) is 24.5 Å². The van der Waals surface area contributed by atoms with E-state index in [-0.39, 0.29) is 53.0 Å². The van der Waals surface area contributed by atoms with Crippen LogP contribution in [0.5, 0.6) is 0 Å². The number of benzene rings is 2. The Kier molecular flexibility index (Phi) is 11.7. The van der Waals surface area contributed by atoms with E-state index < -0.39 is 17.7 Å². The molecule has 4 aliphatic rings. The third-order valence-electron chi connectivity index (χ3n) is 11.2. The van der Waals surface area contributed by atoms with Crippen LogP contribution in [0.25, 0.3) is 0 Å². The molecule has 0 spiro atoms. The first-order valence-electron chi connectivity index (χ1n) is 18.1. The van der Waals surface area contributed by atoms with Crippen LogP contribution < -0.4 is 10.6 Å². The SMILES string of the molecule is CNc1c(Cl)cc(C[C@@H](CC(=O)N2CCC(N3CCc4ccccc4NC3=O)CC2)C(=O)N2CCC(N3CCN(C)CC3)CC2)cc1C(F)(F)F. The largest absolute Gasteiger partial charge is 0.418 e. The number of likely N-dealkylation sites (N-methyl/N-ethyl adjacent to an activating group) is 1. The van der Waals surface area contributed by atoms with Gasteiger partial charge in [-0.25, -0.2) is 4.79 Å². The number of hydrogen-bond donors (Lipinski definition) is 2. The predicted molar refractivity (Wildman–Crippen MR) is 192 cm³/mol. The predicted octanol–water partition coefficient (Wildman–Crippen LogP) is 5.27. The Morgan fingerprint density at radius 3 is 2.24 bits per heavy atom. The van der Waals surface area contributed by atoms with Gasteiger partial charge in [-0.3, -0.25) is 14.5 Å². The molecule has 278 valence electrons. The zero-order chi connectivity index (χ0) is 36.3. The average molecular weight is 732 g/mol. The Labute approximate surface area is 303 Å². The summed E-state index contributed by atoms with van der Waals surface area (Å²) in [5, 5.41) is 5.48. The monoisotopic (exact) mass is 731 g/mol. The molecule has 2 N–H and O–H groups in total. The number of rotatable bonds is 8. The minimum atomic E-state index is -4.66. The summed E-state index contributed by atoms with van der Waals surface area (Å²) in [6.07, 6.45) is -1.24. The molecule has 10 nitrogen and oxygen atoms in total. The highest BCUT2D eigenvalue weighted by molar-refractivity contribution is 6.33. The molecule has 0 bridgehead atoms. The van der Waals surface area contributed by atoms with Gasteiger partial charge in [0.1, 0.15) is 0 Å². The second-order valence-corrected chi connectivity index (χ2v) is 14.8. The fourth-order valence-electron chi connectivity index (χ4n) is 8.19. The molecule has 4 aliphatic heterocycles. The molecule has 0 saturated carbocycles. The number of alkyl halides is 3. The van der Waals surface area contributed by atoms with E-state index in [1.807, 2.05) is 29.2 Å². The first kappa shape index (κ1) is 37.2. The van der Waals surface area contributed by atoms with Crippen LogP contribution in [0.3, 0.4) is 0 Å². The van der Waals surface area contributed by atoms with Gasteiger partial charge in [-0.2, -0.15) is 13.2 Å². The van der Waals surface area contributed by atoms with Crippen LogP contribution >= 0.6 is 11.6 Å². The van der Waals surface area contributed by atoms with Crippen molar-refractivity contribution in [3.05, 3.63) is 58.1 Å². The molecule has 0 unspecified atom stereocenters. The summed E-state index contributed by atoms with van der Waals surface area (Å²) in [5.74, 6) is -1.26. The van der Waals surface area contributed by atoms with Crippen LogP contribution in [0.2, 0.25) is 5.02 Å². The van der Waals surface area contributed by atoms with Crippen molar-refractivity contribution in [1.29, 1.82) is 0 Å². The van der Waals surface area contributed by atoms with Crippen molar-refractivity contribution in [3.63, 3.8) is 0 Å². The molecule has 14 heteroatoms. The number of hydrogen-bond acceptors (Lipinski definition) is 6. The number of fused-ring (bicyclic) bond motifs is 1. The smallest absolute Gasteiger partial charge is 0.386 e. The van der Waals surface area contributed by atoms with E-state index in [2.05, 4.69) is 27.5 Å². The molecule has 4 heterocycles. The Bertz CT molecular complexity index is 1570. The van der Waals surface area contributed by atoms with E-state index in [1.165, 1.54) is 13.1 Å². The summed E-state index contributed by atoms with van der Waals surface area (Å²) in [5.41, 5.74) is 1.05. The quantitative estimate of drug-likeness (QED) is 0.385. The van der Waals surface area contributed by atoms with Crippen LogP contribution in [-0.2, 0) is 28.6 Å². The van der Waals surface area contributed by atoms with Gasteiger partial charge in [-0.1, -0.05) is 29.8 Å². The molecular formula is C37H49ClF3N7O3. The maximum absolute atomic E-state index is 14.2. The number of piperazine rings is 1. The Morgan fingerprint density at radius 1 is 0.922 bits per heavy atom. The molecule has 6 rings (SSSR count). The maximum atomic E-state index is 14.2. The summed E-state index contributed by atoms with van der Waals surface area (Å²) < 4.78 is 42.2. The Balaban J connectivity index is 1.13. The lowest BCUT2D eigenvalue weighted by Crippen LogP contribution is -2.53. The third-order valence-corrected chi connectivity index (χ3v) is 11.5. The highest BCUT2D eigenvalue weighted by Crippen LogP contribution is 2.40. The van der Waals surface area contributed by atoms with Crippen LogP contribution in [0.1, 0.15) is 48.8 Å². The van der Waals surface area contributed by atoms with Crippen molar-refractivity contribution in [3.8, 4) is 0 Å². The zero-order valence-electron chi connectivity index (χ0n) is 29.5. The van der Waals surface area contributed by atoms with E-state index in [0.717, 1.165) is 62.8 Å². The van der Waals surface area contributed by atoms with E-state index in [4.69, 9.17) is 11.6 Å². The van der Waals surface area contributed by atoms with Crippen molar-refractivity contribution < 1.29 is 27.6 Å². The number of nitrogens with one attached hydrogen (secondary N) is 2. The summed E-state index contributed by atoms with van der Waals surface area (Å²) >= 11 is 6.33. The molecule has 0 aliphatic carbocycles. The maximum Gasteiger partial charge on any atom is 0.418 e. The number of para-hydroxylation sites is 1. The van der Waals surface area contributed by atoms with Gasteiger partial charge in [0.25, 0.3) is 0 Å². The molecule has 2 aromatic rings. The minimum absolute atomic E-state index is 0.0315. The Morgan fingerprint density at radius 2 is 1.57 bits per heavy atom. The van der Waals surface area contributed by atoms with Gasteiger partial charge in [0.15, 0.2) is 0 Å². The van der Waals surface area contributed by atoms with Gasteiger partial charge >= 0.3 is 12.2 Å². The lowest BCUT2D eigenvalue weighted by molar-refractivity contribution is -0.143. The van der Waals surface area contributed by atoms with Gasteiger partial charge in [0.2, 0.25) is 11.8 Å². The molecule has 4 amide bonds. The van der Waals surface area contributed by atoms with E-state index in [9.17, 15) is 27.6 Å². The van der Waals surface area contributed by atoms with E-state index in [0.29, 0.717) is 51.6 Å². The molecule has 3 fully saturated rings. The van der Waals surface area contributed by atoms with Crippen LogP contribution in [0, 0.1) is 5.92 Å². The Hall–Kier alpha value is -3.55. The molecule has 1 atom stereocenters. The molecular weight excluding hydrogens is 683 g/mol. The van der Waals surface area contributed by atoms with Crippen LogP contribution in [-0.4, -0.2) is 127 Å². The van der Waals surface area contributed by atoms with Crippen LogP contribution in [0.4, 0.5) is 29.3 Å². The highest BCUT2D eigenvalue weighted by atomic mass is 35.5. The summed E-state index contributed by atoms with van der Waals surface area (Å²) in [6.45, 7) is 6.52. The normalized spacial score (nSPS) is 20.8. The lowest BCUT2D eigenvalue weighted by atomic mass is 9.91. The molecule has 2 aromatic carbocycles. The number of piperidine rings is 2.